The zero-order valence-corrected chi connectivity index (χ0v) is 9.93. The summed E-state index contributed by atoms with van der Waals surface area (Å²) in [5, 5.41) is 0. The Labute approximate surface area is 85.9 Å². The number of H-pyrrole nitrogens is 1. The van der Waals surface area contributed by atoms with E-state index in [-0.39, 0.29) is 0 Å². The highest BCUT2D eigenvalue weighted by Gasteiger charge is 2.07. The summed E-state index contributed by atoms with van der Waals surface area (Å²) in [5.41, 5.74) is 6.06. The minimum atomic E-state index is -0.484. The number of hydrogen-bond donors (Lipinski definition) is 2. The van der Waals surface area contributed by atoms with E-state index in [1.807, 2.05) is 27.7 Å². The third-order valence-electron chi connectivity index (χ3n) is 1.24. The van der Waals surface area contributed by atoms with Crippen LogP contribution in [-0.2, 0) is 0 Å². The van der Waals surface area contributed by atoms with Crippen LogP contribution in [0.15, 0.2) is 0 Å². The third-order valence-corrected chi connectivity index (χ3v) is 1.24. The molecule has 1 aromatic heterocycles. The van der Waals surface area contributed by atoms with E-state index in [9.17, 15) is 4.79 Å². The predicted molar refractivity (Wildman–Crippen MR) is 59.3 cm³/mol. The van der Waals surface area contributed by atoms with E-state index in [1.54, 1.807) is 13.8 Å². The first-order valence-electron chi connectivity index (χ1n) is 4.94. The molecular weight excluding hydrogens is 178 g/mol. The number of aromatic nitrogens is 2. The Hall–Kier alpha value is -1.32. The Balaban J connectivity index is 0. The molecule has 82 valence electrons. The van der Waals surface area contributed by atoms with Crippen molar-refractivity contribution in [2.45, 2.75) is 41.5 Å². The summed E-state index contributed by atoms with van der Waals surface area (Å²) in [7, 11) is 0. The monoisotopic (exact) mass is 199 g/mol. The topological polar surface area (TPSA) is 71.8 Å². The van der Waals surface area contributed by atoms with Gasteiger partial charge >= 0.3 is 0 Å². The molecule has 0 aliphatic heterocycles. The van der Waals surface area contributed by atoms with Gasteiger partial charge in [0.25, 0.3) is 5.91 Å². The fourth-order valence-electron chi connectivity index (χ4n) is 0.850. The molecule has 3 N–H and O–H groups in total. The van der Waals surface area contributed by atoms with Crippen LogP contribution >= 0.6 is 0 Å². The van der Waals surface area contributed by atoms with Crippen molar-refractivity contribution in [3.05, 3.63) is 17.2 Å². The molecule has 0 atom stereocenters. The SMILES string of the molecule is CC.CC.Cc1nc(C(N)=O)c(C)[nH]1. The van der Waals surface area contributed by atoms with Gasteiger partial charge in [0, 0.05) is 5.69 Å². The van der Waals surface area contributed by atoms with Crippen LogP contribution in [0.3, 0.4) is 0 Å². The normalized spacial score (nSPS) is 7.86. The van der Waals surface area contributed by atoms with E-state index in [1.165, 1.54) is 0 Å². The summed E-state index contributed by atoms with van der Waals surface area (Å²) in [5.74, 6) is 0.230. The Morgan fingerprint density at radius 1 is 1.21 bits per heavy atom. The first kappa shape index (κ1) is 15.2. The average Bonchev–Trinajstić information content (AvgIpc) is 2.52. The van der Waals surface area contributed by atoms with Crippen molar-refractivity contribution in [3.63, 3.8) is 0 Å². The van der Waals surface area contributed by atoms with Crippen molar-refractivity contribution in [3.8, 4) is 0 Å². The number of hydrogen-bond acceptors (Lipinski definition) is 2. The van der Waals surface area contributed by atoms with Crippen molar-refractivity contribution in [2.24, 2.45) is 5.73 Å². The Kier molecular flexibility index (Phi) is 8.98. The number of carbonyl (C=O) groups excluding carboxylic acids is 1. The second-order valence-electron chi connectivity index (χ2n) is 2.16. The van der Waals surface area contributed by atoms with Gasteiger partial charge in [-0.3, -0.25) is 4.79 Å². The van der Waals surface area contributed by atoms with Crippen LogP contribution in [0, 0.1) is 13.8 Å². The number of imidazole rings is 1. The zero-order chi connectivity index (χ0) is 11.7. The molecule has 0 unspecified atom stereocenters. The quantitative estimate of drug-likeness (QED) is 0.727. The zero-order valence-electron chi connectivity index (χ0n) is 9.93. The average molecular weight is 199 g/mol. The highest BCUT2D eigenvalue weighted by molar-refractivity contribution is 5.91. The number of nitrogens with two attached hydrogens (primary N) is 1. The molecule has 0 fully saturated rings. The standard InChI is InChI=1S/C6H9N3O.2C2H6/c1-3-5(6(7)10)9-4(2)8-3;2*1-2/h1-2H3,(H2,7,10)(H,8,9);2*1-2H3. The molecule has 0 radical (unpaired) electrons. The van der Waals surface area contributed by atoms with E-state index < -0.39 is 5.91 Å². The second-order valence-corrected chi connectivity index (χ2v) is 2.16. The lowest BCUT2D eigenvalue weighted by atomic mass is 10.3. The van der Waals surface area contributed by atoms with Gasteiger partial charge in [-0.15, -0.1) is 0 Å². The number of primary amides is 1. The highest BCUT2D eigenvalue weighted by Crippen LogP contribution is 2.01. The molecule has 0 spiro atoms. The molecule has 0 saturated heterocycles. The fourth-order valence-corrected chi connectivity index (χ4v) is 0.850. The first-order valence-corrected chi connectivity index (χ1v) is 4.94. The number of rotatable bonds is 1. The summed E-state index contributed by atoms with van der Waals surface area (Å²) >= 11 is 0. The number of amides is 1. The number of aromatic amines is 1. The number of nitrogens with one attached hydrogen (secondary N) is 1. The molecule has 14 heavy (non-hydrogen) atoms. The van der Waals surface area contributed by atoms with Crippen molar-refractivity contribution in [2.75, 3.05) is 0 Å². The molecule has 1 aromatic rings. The smallest absolute Gasteiger partial charge is 0.269 e. The number of aryl methyl sites for hydroxylation is 2. The fraction of sp³-hybridized carbons (Fsp3) is 0.600. The van der Waals surface area contributed by atoms with Crippen molar-refractivity contribution < 1.29 is 4.79 Å². The lowest BCUT2D eigenvalue weighted by Gasteiger charge is -1.86. The van der Waals surface area contributed by atoms with E-state index in [2.05, 4.69) is 9.97 Å². The van der Waals surface area contributed by atoms with Gasteiger partial charge < -0.3 is 10.7 Å². The summed E-state index contributed by atoms with van der Waals surface area (Å²) in [6, 6.07) is 0. The molecule has 0 saturated carbocycles. The van der Waals surface area contributed by atoms with Crippen LogP contribution in [0.4, 0.5) is 0 Å². The van der Waals surface area contributed by atoms with Gasteiger partial charge in [0.2, 0.25) is 0 Å². The number of carbonyl (C=O) groups is 1. The molecule has 4 heteroatoms. The van der Waals surface area contributed by atoms with Crippen LogP contribution in [0.1, 0.15) is 49.7 Å². The molecule has 0 aliphatic carbocycles. The van der Waals surface area contributed by atoms with Gasteiger partial charge in [0.05, 0.1) is 0 Å². The predicted octanol–water partition coefficient (Wildman–Crippen LogP) is 2.18. The van der Waals surface area contributed by atoms with Gasteiger partial charge in [-0.2, -0.15) is 0 Å². The Morgan fingerprint density at radius 2 is 1.64 bits per heavy atom. The second kappa shape index (κ2) is 8.29. The Morgan fingerprint density at radius 3 is 1.79 bits per heavy atom. The summed E-state index contributed by atoms with van der Waals surface area (Å²) in [6.45, 7) is 11.5. The van der Waals surface area contributed by atoms with Crippen LogP contribution in [0.2, 0.25) is 0 Å². The Bertz CT molecular complexity index is 266. The number of nitrogens with zero attached hydrogens (tertiary/aromatic N) is 1. The van der Waals surface area contributed by atoms with Crippen LogP contribution in [-0.4, -0.2) is 15.9 Å². The first-order chi connectivity index (χ1) is 6.61. The maximum absolute atomic E-state index is 10.6. The summed E-state index contributed by atoms with van der Waals surface area (Å²) < 4.78 is 0. The van der Waals surface area contributed by atoms with Crippen LogP contribution in [0.25, 0.3) is 0 Å². The van der Waals surface area contributed by atoms with Gasteiger partial charge in [-0.05, 0) is 13.8 Å². The highest BCUT2D eigenvalue weighted by atomic mass is 16.1. The van der Waals surface area contributed by atoms with E-state index >= 15 is 0 Å². The molecule has 0 aromatic carbocycles. The molecule has 0 bridgehead atoms. The van der Waals surface area contributed by atoms with E-state index in [4.69, 9.17) is 5.73 Å². The van der Waals surface area contributed by atoms with Crippen LogP contribution in [0.5, 0.6) is 0 Å². The lowest BCUT2D eigenvalue weighted by molar-refractivity contribution is 0.0995. The van der Waals surface area contributed by atoms with Crippen molar-refractivity contribution in [1.82, 2.24) is 9.97 Å². The van der Waals surface area contributed by atoms with E-state index in [0.29, 0.717) is 11.5 Å². The molecule has 1 rings (SSSR count). The molecular formula is C10H21N3O. The molecule has 1 heterocycles. The summed E-state index contributed by atoms with van der Waals surface area (Å²) in [6.07, 6.45) is 0. The maximum Gasteiger partial charge on any atom is 0.269 e. The largest absolute Gasteiger partial charge is 0.364 e. The van der Waals surface area contributed by atoms with E-state index in [0.717, 1.165) is 5.69 Å². The van der Waals surface area contributed by atoms with Gasteiger partial charge in [0.1, 0.15) is 11.5 Å². The molecule has 1 amide bonds. The lowest BCUT2D eigenvalue weighted by Crippen LogP contribution is -2.12. The van der Waals surface area contributed by atoms with Crippen LogP contribution < -0.4 is 5.73 Å². The van der Waals surface area contributed by atoms with Crippen molar-refractivity contribution >= 4 is 5.91 Å². The van der Waals surface area contributed by atoms with Gasteiger partial charge in [-0.1, -0.05) is 27.7 Å². The van der Waals surface area contributed by atoms with Gasteiger partial charge in [0.15, 0.2) is 0 Å². The van der Waals surface area contributed by atoms with Crippen molar-refractivity contribution in [1.29, 1.82) is 0 Å². The minimum Gasteiger partial charge on any atom is -0.364 e. The molecule has 4 nitrogen and oxygen atoms in total. The summed E-state index contributed by atoms with van der Waals surface area (Å²) in [4.78, 5) is 17.3. The third kappa shape index (κ3) is 4.64. The minimum absolute atomic E-state index is 0.331. The maximum atomic E-state index is 10.6. The molecule has 0 aliphatic rings. The van der Waals surface area contributed by atoms with Gasteiger partial charge in [-0.25, -0.2) is 4.98 Å².